The maximum Gasteiger partial charge on any atom is 0.307 e. The van der Waals surface area contributed by atoms with Crippen LogP contribution in [0.2, 0.25) is 0 Å². The van der Waals surface area contributed by atoms with Gasteiger partial charge in [-0.3, -0.25) is 4.79 Å². The molecule has 1 fully saturated rings. The molecule has 1 heterocycles. The smallest absolute Gasteiger partial charge is 0.307 e. The third-order valence-corrected chi connectivity index (χ3v) is 5.21. The van der Waals surface area contributed by atoms with Gasteiger partial charge in [0.2, 0.25) is 10.0 Å². The number of sulfonamides is 1. The molecule has 1 aliphatic rings. The van der Waals surface area contributed by atoms with Gasteiger partial charge in [0, 0.05) is 19.2 Å². The molecular formula is C12H13F2NO4S. The maximum absolute atomic E-state index is 13.7. The first-order chi connectivity index (χ1) is 9.23. The number of halogens is 2. The van der Waals surface area contributed by atoms with E-state index in [-0.39, 0.29) is 25.1 Å². The van der Waals surface area contributed by atoms with Crippen LogP contribution in [0, 0.1) is 24.5 Å². The number of carboxylic acid groups (broad SMARTS) is 1. The number of rotatable bonds is 3. The van der Waals surface area contributed by atoms with Crippen LogP contribution in [0.4, 0.5) is 8.78 Å². The predicted octanol–water partition coefficient (Wildman–Crippen LogP) is 1.37. The summed E-state index contributed by atoms with van der Waals surface area (Å²) in [5.74, 6) is -3.88. The van der Waals surface area contributed by atoms with E-state index in [9.17, 15) is 22.0 Å². The lowest BCUT2D eigenvalue weighted by molar-refractivity contribution is -0.141. The van der Waals surface area contributed by atoms with Crippen molar-refractivity contribution < 1.29 is 27.1 Å². The van der Waals surface area contributed by atoms with E-state index in [1.54, 1.807) is 0 Å². The normalized spacial score (nSPS) is 20.2. The van der Waals surface area contributed by atoms with Gasteiger partial charge in [-0.25, -0.2) is 17.2 Å². The van der Waals surface area contributed by atoms with Crippen LogP contribution in [0.15, 0.2) is 17.0 Å². The summed E-state index contributed by atoms with van der Waals surface area (Å²) in [5, 5.41) is 8.86. The Morgan fingerprint density at radius 3 is 2.55 bits per heavy atom. The van der Waals surface area contributed by atoms with Crippen molar-refractivity contribution in [2.75, 3.05) is 13.1 Å². The van der Waals surface area contributed by atoms with Crippen LogP contribution in [-0.2, 0) is 14.8 Å². The molecule has 8 heteroatoms. The van der Waals surface area contributed by atoms with Gasteiger partial charge in [-0.2, -0.15) is 4.31 Å². The Bertz CT molecular complexity index is 660. The summed E-state index contributed by atoms with van der Waals surface area (Å²) in [6, 6.07) is 1.45. The molecule has 1 N–H and O–H groups in total. The number of nitrogens with zero attached hydrogens (tertiary/aromatic N) is 1. The average molecular weight is 305 g/mol. The zero-order valence-electron chi connectivity index (χ0n) is 10.6. The highest BCUT2D eigenvalue weighted by Gasteiger charge is 2.37. The summed E-state index contributed by atoms with van der Waals surface area (Å²) in [7, 11) is -4.15. The Morgan fingerprint density at radius 2 is 2.00 bits per heavy atom. The van der Waals surface area contributed by atoms with E-state index < -0.39 is 38.4 Å². The minimum Gasteiger partial charge on any atom is -0.481 e. The van der Waals surface area contributed by atoms with Gasteiger partial charge < -0.3 is 5.11 Å². The molecule has 0 radical (unpaired) electrons. The van der Waals surface area contributed by atoms with Crippen LogP contribution in [0.1, 0.15) is 12.0 Å². The van der Waals surface area contributed by atoms with Crippen LogP contribution in [0.5, 0.6) is 0 Å². The number of aliphatic carboxylic acids is 1. The molecule has 0 amide bonds. The van der Waals surface area contributed by atoms with Crippen molar-refractivity contribution in [2.45, 2.75) is 18.2 Å². The van der Waals surface area contributed by atoms with Crippen molar-refractivity contribution in [2.24, 2.45) is 5.92 Å². The summed E-state index contributed by atoms with van der Waals surface area (Å²) in [6.07, 6.45) is 0.177. The number of benzene rings is 1. The zero-order valence-corrected chi connectivity index (χ0v) is 11.5. The molecule has 110 valence electrons. The molecule has 1 aliphatic heterocycles. The summed E-state index contributed by atoms with van der Waals surface area (Å²) in [5.41, 5.74) is 0.0129. The number of hydrogen-bond acceptors (Lipinski definition) is 3. The van der Waals surface area contributed by atoms with Gasteiger partial charge >= 0.3 is 5.97 Å². The molecular weight excluding hydrogens is 292 g/mol. The molecule has 1 atom stereocenters. The Labute approximate surface area is 114 Å². The zero-order chi connectivity index (χ0) is 15.1. The van der Waals surface area contributed by atoms with E-state index in [4.69, 9.17) is 5.11 Å². The van der Waals surface area contributed by atoms with Gasteiger partial charge in [0.25, 0.3) is 0 Å². The highest BCUT2D eigenvalue weighted by Crippen LogP contribution is 2.27. The molecule has 5 nitrogen and oxygen atoms in total. The fourth-order valence-electron chi connectivity index (χ4n) is 2.12. The van der Waals surface area contributed by atoms with Gasteiger partial charge in [0.1, 0.15) is 16.5 Å². The molecule has 1 aromatic carbocycles. The second-order valence-electron chi connectivity index (χ2n) is 4.72. The molecule has 0 aromatic heterocycles. The molecule has 0 saturated carbocycles. The van der Waals surface area contributed by atoms with Crippen LogP contribution >= 0.6 is 0 Å². The van der Waals surface area contributed by atoms with Crippen LogP contribution in [0.3, 0.4) is 0 Å². The lowest BCUT2D eigenvalue weighted by Crippen LogP contribution is -2.30. The van der Waals surface area contributed by atoms with Crippen molar-refractivity contribution in [3.8, 4) is 0 Å². The Kier molecular flexibility index (Phi) is 3.79. The van der Waals surface area contributed by atoms with E-state index in [1.807, 2.05) is 0 Å². The van der Waals surface area contributed by atoms with Crippen LogP contribution < -0.4 is 0 Å². The summed E-state index contributed by atoms with van der Waals surface area (Å²) >= 11 is 0. The first kappa shape index (κ1) is 14.9. The summed E-state index contributed by atoms with van der Waals surface area (Å²) in [6.45, 7) is 1.14. The Balaban J connectivity index is 2.37. The fourth-order valence-corrected chi connectivity index (χ4v) is 3.75. The van der Waals surface area contributed by atoms with Gasteiger partial charge in [0.05, 0.1) is 5.92 Å². The standard InChI is InChI=1S/C12H13F2NO4S/c1-7-4-11(10(14)5-9(7)13)20(18,19)15-3-2-8(6-15)12(16)17/h4-5,8H,2-3,6H2,1H3,(H,16,17). The molecule has 2 rings (SSSR count). The molecule has 0 spiro atoms. The molecule has 1 saturated heterocycles. The summed E-state index contributed by atoms with van der Waals surface area (Å²) in [4.78, 5) is 10.2. The lowest BCUT2D eigenvalue weighted by Gasteiger charge is -2.17. The van der Waals surface area contributed by atoms with Gasteiger partial charge in [-0.1, -0.05) is 0 Å². The van der Waals surface area contributed by atoms with Gasteiger partial charge in [0.15, 0.2) is 0 Å². The van der Waals surface area contributed by atoms with Crippen molar-refractivity contribution >= 4 is 16.0 Å². The molecule has 1 unspecified atom stereocenters. The molecule has 20 heavy (non-hydrogen) atoms. The number of hydrogen-bond donors (Lipinski definition) is 1. The van der Waals surface area contributed by atoms with Gasteiger partial charge in [-0.05, 0) is 25.0 Å². The van der Waals surface area contributed by atoms with Gasteiger partial charge in [-0.15, -0.1) is 0 Å². The highest BCUT2D eigenvalue weighted by atomic mass is 32.2. The van der Waals surface area contributed by atoms with E-state index in [2.05, 4.69) is 0 Å². The van der Waals surface area contributed by atoms with Crippen molar-refractivity contribution in [3.05, 3.63) is 29.3 Å². The minimum atomic E-state index is -4.15. The quantitative estimate of drug-likeness (QED) is 0.915. The van der Waals surface area contributed by atoms with Crippen molar-refractivity contribution in [1.29, 1.82) is 0 Å². The van der Waals surface area contributed by atoms with E-state index in [1.165, 1.54) is 6.92 Å². The third-order valence-electron chi connectivity index (χ3n) is 3.33. The fraction of sp³-hybridized carbons (Fsp3) is 0.417. The molecule has 0 bridgehead atoms. The lowest BCUT2D eigenvalue weighted by atomic mass is 10.1. The van der Waals surface area contributed by atoms with E-state index >= 15 is 0 Å². The predicted molar refractivity (Wildman–Crippen MR) is 65.6 cm³/mol. The monoisotopic (exact) mass is 305 g/mol. The molecule has 0 aliphatic carbocycles. The highest BCUT2D eigenvalue weighted by molar-refractivity contribution is 7.89. The SMILES string of the molecule is Cc1cc(S(=O)(=O)N2CCC(C(=O)O)C2)c(F)cc1F. The number of carbonyl (C=O) groups is 1. The number of carboxylic acids is 1. The molecule has 1 aromatic rings. The summed E-state index contributed by atoms with van der Waals surface area (Å²) < 4.78 is 52.3. The van der Waals surface area contributed by atoms with Crippen molar-refractivity contribution in [3.63, 3.8) is 0 Å². The topological polar surface area (TPSA) is 74.7 Å². The Morgan fingerprint density at radius 1 is 1.35 bits per heavy atom. The number of aryl methyl sites for hydroxylation is 1. The Hall–Kier alpha value is -1.54. The second kappa shape index (κ2) is 5.10. The van der Waals surface area contributed by atoms with E-state index in [0.717, 1.165) is 10.4 Å². The van der Waals surface area contributed by atoms with Crippen LogP contribution in [0.25, 0.3) is 0 Å². The first-order valence-corrected chi connectivity index (χ1v) is 7.36. The third kappa shape index (κ3) is 2.53. The van der Waals surface area contributed by atoms with Crippen LogP contribution in [-0.4, -0.2) is 36.9 Å². The van der Waals surface area contributed by atoms with E-state index in [0.29, 0.717) is 6.07 Å². The average Bonchev–Trinajstić information content (AvgIpc) is 2.83. The first-order valence-electron chi connectivity index (χ1n) is 5.92. The maximum atomic E-state index is 13.7. The van der Waals surface area contributed by atoms with Crippen molar-refractivity contribution in [1.82, 2.24) is 4.31 Å². The minimum absolute atomic E-state index is 0.00909. The largest absolute Gasteiger partial charge is 0.481 e. The second-order valence-corrected chi connectivity index (χ2v) is 6.63.